The molecule has 94 valence electrons. The van der Waals surface area contributed by atoms with Crippen molar-refractivity contribution >= 4 is 10.9 Å². The Balaban J connectivity index is 1.88. The molecule has 0 aliphatic carbocycles. The topological polar surface area (TPSA) is 45.2 Å². The first kappa shape index (κ1) is 11.6. The lowest BCUT2D eigenvalue weighted by Crippen LogP contribution is -2.33. The number of hydrogen-bond acceptors (Lipinski definition) is 3. The molecule has 0 bridgehead atoms. The molecule has 3 heteroatoms. The summed E-state index contributed by atoms with van der Waals surface area (Å²) >= 11 is 0. The third-order valence-electron chi connectivity index (χ3n) is 3.73. The van der Waals surface area contributed by atoms with Gasteiger partial charge in [0.2, 0.25) is 0 Å². The molecule has 2 unspecified atom stereocenters. The number of benzene rings is 1. The zero-order chi connectivity index (χ0) is 12.4. The monoisotopic (exact) mass is 242 g/mol. The van der Waals surface area contributed by atoms with Gasteiger partial charge in [0.1, 0.15) is 0 Å². The van der Waals surface area contributed by atoms with Crippen LogP contribution in [-0.2, 0) is 0 Å². The fraction of sp³-hybridized carbons (Fsp3) is 0.400. The molecular weight excluding hydrogens is 224 g/mol. The van der Waals surface area contributed by atoms with Crippen LogP contribution in [0.5, 0.6) is 0 Å². The molecule has 2 atom stereocenters. The van der Waals surface area contributed by atoms with E-state index < -0.39 is 6.10 Å². The number of aromatic nitrogens is 1. The van der Waals surface area contributed by atoms with Crippen molar-refractivity contribution in [3.05, 3.63) is 42.1 Å². The number of aliphatic hydroxyl groups excluding tert-OH is 1. The molecule has 1 aliphatic heterocycles. The van der Waals surface area contributed by atoms with E-state index in [1.54, 1.807) is 0 Å². The Kier molecular flexibility index (Phi) is 3.26. The Morgan fingerprint density at radius 2 is 2.22 bits per heavy atom. The third kappa shape index (κ3) is 2.24. The maximum Gasteiger partial charge on any atom is 0.0845 e. The molecule has 0 amide bonds. The van der Waals surface area contributed by atoms with Gasteiger partial charge in [-0.15, -0.1) is 0 Å². The fourth-order valence-corrected chi connectivity index (χ4v) is 2.67. The second-order valence-electron chi connectivity index (χ2n) is 5.01. The van der Waals surface area contributed by atoms with Gasteiger partial charge < -0.3 is 10.4 Å². The van der Waals surface area contributed by atoms with Gasteiger partial charge in [0.25, 0.3) is 0 Å². The summed E-state index contributed by atoms with van der Waals surface area (Å²) in [5, 5.41) is 14.9. The predicted molar refractivity (Wildman–Crippen MR) is 72.3 cm³/mol. The molecule has 1 fully saturated rings. The first-order chi connectivity index (χ1) is 8.84. The normalized spacial score (nSPS) is 21.9. The highest BCUT2D eigenvalue weighted by Crippen LogP contribution is 2.28. The van der Waals surface area contributed by atoms with E-state index in [1.165, 1.54) is 0 Å². The van der Waals surface area contributed by atoms with E-state index in [4.69, 9.17) is 0 Å². The summed E-state index contributed by atoms with van der Waals surface area (Å²) in [5.74, 6) is 0.307. The Bertz CT molecular complexity index is 535. The van der Waals surface area contributed by atoms with Crippen molar-refractivity contribution in [2.45, 2.75) is 18.9 Å². The van der Waals surface area contributed by atoms with E-state index in [0.717, 1.165) is 42.4 Å². The Labute approximate surface area is 107 Å². The summed E-state index contributed by atoms with van der Waals surface area (Å²) in [7, 11) is 0. The largest absolute Gasteiger partial charge is 0.388 e. The number of hydrogen-bond donors (Lipinski definition) is 2. The van der Waals surface area contributed by atoms with Crippen LogP contribution in [0.1, 0.15) is 24.5 Å². The number of fused-ring (bicyclic) bond motifs is 1. The van der Waals surface area contributed by atoms with Gasteiger partial charge >= 0.3 is 0 Å². The lowest BCUT2D eigenvalue weighted by atomic mass is 9.90. The number of piperidine rings is 1. The quantitative estimate of drug-likeness (QED) is 0.849. The fourth-order valence-electron chi connectivity index (χ4n) is 2.67. The van der Waals surface area contributed by atoms with Crippen molar-refractivity contribution in [3.8, 4) is 0 Å². The SMILES string of the molecule is OC(c1cnc2ccccc2c1)C1CCCNC1. The maximum atomic E-state index is 10.4. The van der Waals surface area contributed by atoms with Crippen LogP contribution in [0, 0.1) is 5.92 Å². The molecule has 2 N–H and O–H groups in total. The lowest BCUT2D eigenvalue weighted by Gasteiger charge is -2.27. The second kappa shape index (κ2) is 5.04. The minimum absolute atomic E-state index is 0.307. The molecule has 2 aromatic rings. The number of aliphatic hydroxyl groups is 1. The number of rotatable bonds is 2. The minimum atomic E-state index is -0.407. The standard InChI is InChI=1S/C15H18N2O/c18-15(12-5-3-7-16-9-12)13-8-11-4-1-2-6-14(11)17-10-13/h1-2,4,6,8,10,12,15-16,18H,3,5,7,9H2. The summed E-state index contributed by atoms with van der Waals surface area (Å²) in [4.78, 5) is 4.42. The van der Waals surface area contributed by atoms with E-state index in [1.807, 2.05) is 30.5 Å². The summed E-state index contributed by atoms with van der Waals surface area (Å²) in [6.45, 7) is 1.97. The molecule has 1 saturated heterocycles. The lowest BCUT2D eigenvalue weighted by molar-refractivity contribution is 0.0920. The van der Waals surface area contributed by atoms with Crippen molar-refractivity contribution in [2.75, 3.05) is 13.1 Å². The van der Waals surface area contributed by atoms with Gasteiger partial charge in [0.05, 0.1) is 11.6 Å². The molecule has 1 aliphatic rings. The Hall–Kier alpha value is -1.45. The van der Waals surface area contributed by atoms with E-state index in [0.29, 0.717) is 5.92 Å². The molecule has 0 radical (unpaired) electrons. The number of para-hydroxylation sites is 1. The van der Waals surface area contributed by atoms with E-state index in [9.17, 15) is 5.11 Å². The minimum Gasteiger partial charge on any atom is -0.388 e. The summed E-state index contributed by atoms with van der Waals surface area (Å²) in [5.41, 5.74) is 1.91. The van der Waals surface area contributed by atoms with Gasteiger partial charge in [0.15, 0.2) is 0 Å². The highest BCUT2D eigenvalue weighted by Gasteiger charge is 2.23. The number of nitrogens with one attached hydrogen (secondary N) is 1. The number of pyridine rings is 1. The predicted octanol–water partition coefficient (Wildman–Crippen LogP) is 2.27. The molecular formula is C15H18N2O. The van der Waals surface area contributed by atoms with E-state index >= 15 is 0 Å². The maximum absolute atomic E-state index is 10.4. The second-order valence-corrected chi connectivity index (χ2v) is 5.01. The van der Waals surface area contributed by atoms with Crippen molar-refractivity contribution in [2.24, 2.45) is 5.92 Å². The van der Waals surface area contributed by atoms with Crippen LogP contribution < -0.4 is 5.32 Å². The first-order valence-electron chi connectivity index (χ1n) is 6.58. The van der Waals surface area contributed by atoms with E-state index in [-0.39, 0.29) is 0 Å². The van der Waals surface area contributed by atoms with Crippen LogP contribution >= 0.6 is 0 Å². The zero-order valence-electron chi connectivity index (χ0n) is 10.3. The molecule has 18 heavy (non-hydrogen) atoms. The molecule has 3 rings (SSSR count). The van der Waals surface area contributed by atoms with Crippen LogP contribution in [0.3, 0.4) is 0 Å². The average Bonchev–Trinajstić information content (AvgIpc) is 2.47. The number of nitrogens with zero attached hydrogens (tertiary/aromatic N) is 1. The molecule has 1 aromatic heterocycles. The molecule has 2 heterocycles. The highest BCUT2D eigenvalue weighted by atomic mass is 16.3. The van der Waals surface area contributed by atoms with Gasteiger partial charge in [-0.25, -0.2) is 0 Å². The van der Waals surface area contributed by atoms with Crippen molar-refractivity contribution in [1.82, 2.24) is 10.3 Å². The molecule has 1 aromatic carbocycles. The summed E-state index contributed by atoms with van der Waals surface area (Å²) in [6.07, 6.45) is 3.63. The van der Waals surface area contributed by atoms with Gasteiger partial charge in [-0.05, 0) is 37.1 Å². The molecule has 0 spiro atoms. The Morgan fingerprint density at radius 1 is 1.33 bits per heavy atom. The van der Waals surface area contributed by atoms with Crippen molar-refractivity contribution in [1.29, 1.82) is 0 Å². The summed E-state index contributed by atoms with van der Waals surface area (Å²) < 4.78 is 0. The summed E-state index contributed by atoms with van der Waals surface area (Å²) in [6, 6.07) is 10.1. The van der Waals surface area contributed by atoms with Crippen molar-refractivity contribution in [3.63, 3.8) is 0 Å². The van der Waals surface area contributed by atoms with Crippen LogP contribution in [0.2, 0.25) is 0 Å². The van der Waals surface area contributed by atoms with Gasteiger partial charge in [0, 0.05) is 24.0 Å². The third-order valence-corrected chi connectivity index (χ3v) is 3.73. The molecule has 0 saturated carbocycles. The first-order valence-corrected chi connectivity index (χ1v) is 6.58. The van der Waals surface area contributed by atoms with Gasteiger partial charge in [-0.3, -0.25) is 4.98 Å². The van der Waals surface area contributed by atoms with Crippen LogP contribution in [0.15, 0.2) is 36.5 Å². The average molecular weight is 242 g/mol. The van der Waals surface area contributed by atoms with E-state index in [2.05, 4.69) is 16.4 Å². The van der Waals surface area contributed by atoms with Crippen LogP contribution in [0.4, 0.5) is 0 Å². The van der Waals surface area contributed by atoms with Crippen LogP contribution in [0.25, 0.3) is 10.9 Å². The van der Waals surface area contributed by atoms with Crippen LogP contribution in [-0.4, -0.2) is 23.2 Å². The van der Waals surface area contributed by atoms with Gasteiger partial charge in [-0.1, -0.05) is 18.2 Å². The Morgan fingerprint density at radius 3 is 3.06 bits per heavy atom. The smallest absolute Gasteiger partial charge is 0.0845 e. The highest BCUT2D eigenvalue weighted by molar-refractivity contribution is 5.78. The molecule has 3 nitrogen and oxygen atoms in total. The zero-order valence-corrected chi connectivity index (χ0v) is 10.3. The van der Waals surface area contributed by atoms with Crippen molar-refractivity contribution < 1.29 is 5.11 Å². The van der Waals surface area contributed by atoms with Gasteiger partial charge in [-0.2, -0.15) is 0 Å².